The van der Waals surface area contributed by atoms with Crippen LogP contribution in [0, 0.1) is 0 Å². The number of quaternary nitrogens is 1. The molecule has 0 saturated heterocycles. The number of hydrogen-bond acceptors (Lipinski definition) is 2. The summed E-state index contributed by atoms with van der Waals surface area (Å²) in [5.41, 5.74) is 4.09. The second-order valence-electron chi connectivity index (χ2n) is 10.1. The number of anilines is 1. The molecule has 1 N–H and O–H groups in total. The Balaban J connectivity index is 1.53. The molecule has 0 heterocycles. The van der Waals surface area contributed by atoms with Crippen LogP contribution in [0.5, 0.6) is 0 Å². The lowest BCUT2D eigenvalue weighted by Crippen LogP contribution is -2.40. The van der Waals surface area contributed by atoms with Crippen LogP contribution < -0.4 is 5.32 Å². The number of nitrogens with one attached hydrogen (secondary N) is 1. The van der Waals surface area contributed by atoms with E-state index < -0.39 is 0 Å². The maximum atomic E-state index is 6.28. The topological polar surface area (TPSA) is 12.0 Å². The smallest absolute Gasteiger partial charge is 0.104 e. The third-order valence-corrected chi connectivity index (χ3v) is 6.92. The van der Waals surface area contributed by atoms with Gasteiger partial charge in [-0.15, -0.1) is 0 Å². The summed E-state index contributed by atoms with van der Waals surface area (Å²) in [4.78, 5) is 2.43. The van der Waals surface area contributed by atoms with Crippen molar-refractivity contribution in [2.45, 2.75) is 48.9 Å². The van der Waals surface area contributed by atoms with E-state index in [0.717, 1.165) is 41.2 Å². The second kappa shape index (κ2) is 10.8. The molecule has 3 aromatic rings. The standard InChI is InChI=1S/C28H36ClN2S/c1-28(2,3)23-14-12-22(13-15-23)21-31(4,5)19-9-18-30-26-20-24(29)16-17-27(26)32-25-10-7-6-8-11-25/h6-8,10-17,20,30H,9,18-19,21H2,1-5H3/q+1. The highest BCUT2D eigenvalue weighted by molar-refractivity contribution is 7.99. The molecule has 0 amide bonds. The summed E-state index contributed by atoms with van der Waals surface area (Å²) in [6.45, 7) is 9.86. The Bertz CT molecular complexity index is 992. The Labute approximate surface area is 203 Å². The van der Waals surface area contributed by atoms with Crippen molar-refractivity contribution in [2.24, 2.45) is 0 Å². The van der Waals surface area contributed by atoms with E-state index in [4.69, 9.17) is 11.6 Å². The number of rotatable bonds is 9. The van der Waals surface area contributed by atoms with E-state index in [1.807, 2.05) is 18.2 Å². The molecular formula is C28H36ClN2S+. The summed E-state index contributed by atoms with van der Waals surface area (Å²) in [5, 5.41) is 4.38. The third kappa shape index (κ3) is 7.58. The molecule has 0 aliphatic carbocycles. The fourth-order valence-corrected chi connectivity index (χ4v) is 4.85. The van der Waals surface area contributed by atoms with Crippen molar-refractivity contribution < 1.29 is 4.48 Å². The first-order chi connectivity index (χ1) is 15.1. The molecule has 0 fully saturated rings. The van der Waals surface area contributed by atoms with Gasteiger partial charge >= 0.3 is 0 Å². The number of nitrogens with zero attached hydrogens (tertiary/aromatic N) is 1. The maximum absolute atomic E-state index is 6.28. The van der Waals surface area contributed by atoms with Crippen LogP contribution in [0.25, 0.3) is 0 Å². The fourth-order valence-electron chi connectivity index (χ4n) is 3.76. The molecule has 0 aliphatic rings. The van der Waals surface area contributed by atoms with Gasteiger partial charge in [0, 0.05) is 39.0 Å². The Kier molecular flexibility index (Phi) is 8.32. The van der Waals surface area contributed by atoms with Gasteiger partial charge in [0.25, 0.3) is 0 Å². The van der Waals surface area contributed by atoms with Gasteiger partial charge in [-0.05, 0) is 41.3 Å². The van der Waals surface area contributed by atoms with E-state index >= 15 is 0 Å². The van der Waals surface area contributed by atoms with Crippen LogP contribution in [0.4, 0.5) is 5.69 Å². The fraction of sp³-hybridized carbons (Fsp3) is 0.357. The third-order valence-electron chi connectivity index (χ3n) is 5.60. The monoisotopic (exact) mass is 467 g/mol. The lowest BCUT2D eigenvalue weighted by atomic mass is 9.86. The lowest BCUT2D eigenvalue weighted by molar-refractivity contribution is -0.903. The highest BCUT2D eigenvalue weighted by Gasteiger charge is 2.17. The first-order valence-electron chi connectivity index (χ1n) is 11.3. The van der Waals surface area contributed by atoms with E-state index in [9.17, 15) is 0 Å². The molecule has 0 saturated carbocycles. The van der Waals surface area contributed by atoms with Crippen molar-refractivity contribution >= 4 is 29.1 Å². The molecule has 170 valence electrons. The van der Waals surface area contributed by atoms with Crippen molar-refractivity contribution in [3.8, 4) is 0 Å². The van der Waals surface area contributed by atoms with Gasteiger partial charge in [0.15, 0.2) is 0 Å². The molecule has 2 nitrogen and oxygen atoms in total. The molecule has 0 spiro atoms. The molecule has 0 bridgehead atoms. The predicted octanol–water partition coefficient (Wildman–Crippen LogP) is 7.87. The van der Waals surface area contributed by atoms with Gasteiger partial charge in [-0.1, -0.05) is 86.6 Å². The minimum absolute atomic E-state index is 0.201. The van der Waals surface area contributed by atoms with Gasteiger partial charge in [0.1, 0.15) is 6.54 Å². The van der Waals surface area contributed by atoms with Crippen LogP contribution in [0.2, 0.25) is 5.02 Å². The number of hydrogen-bond donors (Lipinski definition) is 1. The molecular weight excluding hydrogens is 432 g/mol. The molecule has 0 aromatic heterocycles. The quantitative estimate of drug-likeness (QED) is 0.254. The van der Waals surface area contributed by atoms with Crippen LogP contribution in [0.1, 0.15) is 38.3 Å². The van der Waals surface area contributed by atoms with Crippen LogP contribution >= 0.6 is 23.4 Å². The number of benzene rings is 3. The molecule has 0 aliphatic heterocycles. The second-order valence-corrected chi connectivity index (χ2v) is 11.7. The molecule has 0 atom stereocenters. The maximum Gasteiger partial charge on any atom is 0.104 e. The average molecular weight is 468 g/mol. The van der Waals surface area contributed by atoms with Gasteiger partial charge in [0.05, 0.1) is 20.6 Å². The summed E-state index contributed by atoms with van der Waals surface area (Å²) in [6, 6.07) is 25.7. The van der Waals surface area contributed by atoms with Gasteiger partial charge in [-0.2, -0.15) is 0 Å². The molecule has 32 heavy (non-hydrogen) atoms. The van der Waals surface area contributed by atoms with Gasteiger partial charge < -0.3 is 9.80 Å². The zero-order valence-electron chi connectivity index (χ0n) is 20.0. The number of halogens is 1. The molecule has 0 unspecified atom stereocenters. The largest absolute Gasteiger partial charge is 0.384 e. The van der Waals surface area contributed by atoms with E-state index in [1.165, 1.54) is 20.9 Å². The van der Waals surface area contributed by atoms with Gasteiger partial charge in [0.2, 0.25) is 0 Å². The van der Waals surface area contributed by atoms with Crippen LogP contribution in [0.15, 0.2) is 82.6 Å². The van der Waals surface area contributed by atoms with Crippen molar-refractivity contribution in [2.75, 3.05) is 32.5 Å². The Morgan fingerprint density at radius 2 is 1.59 bits per heavy atom. The summed E-state index contributed by atoms with van der Waals surface area (Å²) in [7, 11) is 4.63. The van der Waals surface area contributed by atoms with E-state index in [-0.39, 0.29) is 5.41 Å². The van der Waals surface area contributed by atoms with E-state index in [2.05, 4.69) is 94.8 Å². The van der Waals surface area contributed by atoms with Crippen LogP contribution in [0.3, 0.4) is 0 Å². The molecule has 3 aromatic carbocycles. The van der Waals surface area contributed by atoms with Crippen molar-refractivity contribution in [3.63, 3.8) is 0 Å². The summed E-state index contributed by atoms with van der Waals surface area (Å²) in [5.74, 6) is 0. The summed E-state index contributed by atoms with van der Waals surface area (Å²) in [6.07, 6.45) is 1.09. The molecule has 0 radical (unpaired) electrons. The molecule has 4 heteroatoms. The zero-order chi connectivity index (χ0) is 23.2. The van der Waals surface area contributed by atoms with Gasteiger partial charge in [-0.25, -0.2) is 0 Å². The Morgan fingerprint density at radius 1 is 0.906 bits per heavy atom. The summed E-state index contributed by atoms with van der Waals surface area (Å²) < 4.78 is 0.970. The predicted molar refractivity (Wildman–Crippen MR) is 141 cm³/mol. The van der Waals surface area contributed by atoms with Crippen molar-refractivity contribution in [3.05, 3.63) is 88.9 Å². The van der Waals surface area contributed by atoms with E-state index in [0.29, 0.717) is 0 Å². The van der Waals surface area contributed by atoms with Crippen molar-refractivity contribution in [1.82, 2.24) is 0 Å². The highest BCUT2D eigenvalue weighted by atomic mass is 35.5. The van der Waals surface area contributed by atoms with E-state index in [1.54, 1.807) is 11.8 Å². The van der Waals surface area contributed by atoms with Crippen LogP contribution in [-0.2, 0) is 12.0 Å². The van der Waals surface area contributed by atoms with Crippen molar-refractivity contribution in [1.29, 1.82) is 0 Å². The zero-order valence-corrected chi connectivity index (χ0v) is 21.6. The Hall–Kier alpha value is -1.94. The average Bonchev–Trinajstić information content (AvgIpc) is 2.73. The minimum atomic E-state index is 0.201. The molecule has 3 rings (SSSR count). The first-order valence-corrected chi connectivity index (χ1v) is 12.5. The Morgan fingerprint density at radius 3 is 2.25 bits per heavy atom. The highest BCUT2D eigenvalue weighted by Crippen LogP contribution is 2.35. The minimum Gasteiger partial charge on any atom is -0.384 e. The lowest BCUT2D eigenvalue weighted by Gasteiger charge is -2.30. The first kappa shape index (κ1) is 24.7. The van der Waals surface area contributed by atoms with Gasteiger partial charge in [-0.3, -0.25) is 0 Å². The normalized spacial score (nSPS) is 12.1. The SMILES string of the molecule is CC(C)(C)c1ccc(C[N+](C)(C)CCCNc2cc(Cl)ccc2Sc2ccccc2)cc1. The van der Waals surface area contributed by atoms with Crippen LogP contribution in [-0.4, -0.2) is 31.7 Å². The summed E-state index contributed by atoms with van der Waals surface area (Å²) >= 11 is 8.05.